The maximum Gasteiger partial charge on any atom is 0.173 e. The molecule has 0 aliphatic heterocycles. The fourth-order valence-electron chi connectivity index (χ4n) is 2.98. The van der Waals surface area contributed by atoms with Crippen molar-refractivity contribution < 1.29 is 4.39 Å². The van der Waals surface area contributed by atoms with Crippen molar-refractivity contribution in [2.45, 2.75) is 44.7 Å². The van der Waals surface area contributed by atoms with Gasteiger partial charge in [-0.05, 0) is 37.2 Å². The van der Waals surface area contributed by atoms with Gasteiger partial charge in [-0.15, -0.1) is 0 Å². The average Bonchev–Trinajstić information content (AvgIpc) is 2.91. The van der Waals surface area contributed by atoms with Gasteiger partial charge >= 0.3 is 0 Å². The minimum absolute atomic E-state index is 0.190. The normalized spacial score (nSPS) is 15.2. The van der Waals surface area contributed by atoms with Crippen molar-refractivity contribution in [3.63, 3.8) is 0 Å². The van der Waals surface area contributed by atoms with Crippen molar-refractivity contribution in [1.82, 2.24) is 15.1 Å². The average molecular weight is 401 g/mol. The molecule has 8 heteroatoms. The van der Waals surface area contributed by atoms with Crippen molar-refractivity contribution in [1.29, 1.82) is 0 Å². The molecule has 0 bridgehead atoms. The zero-order valence-electron chi connectivity index (χ0n) is 13.6. The summed E-state index contributed by atoms with van der Waals surface area (Å²) >= 11 is 17.6. The third-order valence-electron chi connectivity index (χ3n) is 4.27. The van der Waals surface area contributed by atoms with Crippen molar-refractivity contribution in [3.8, 4) is 0 Å². The molecule has 0 unspecified atom stereocenters. The van der Waals surface area contributed by atoms with Gasteiger partial charge in [-0.3, -0.25) is 4.68 Å². The molecule has 0 spiro atoms. The second kappa shape index (κ2) is 8.34. The van der Waals surface area contributed by atoms with Gasteiger partial charge in [0.15, 0.2) is 10.9 Å². The Morgan fingerprint density at radius 1 is 1.24 bits per heavy atom. The first kappa shape index (κ1) is 18.4. The number of hydrogen-bond donors (Lipinski definition) is 2. The molecule has 3 rings (SSSR count). The predicted molar refractivity (Wildman–Crippen MR) is 104 cm³/mol. The van der Waals surface area contributed by atoms with Crippen LogP contribution in [0.3, 0.4) is 0 Å². The molecule has 2 aromatic rings. The Bertz CT molecular complexity index is 739. The fraction of sp³-hybridized carbons (Fsp3) is 0.412. The Kier molecular flexibility index (Phi) is 6.15. The van der Waals surface area contributed by atoms with Crippen LogP contribution in [0.2, 0.25) is 10.0 Å². The zero-order chi connectivity index (χ0) is 17.8. The van der Waals surface area contributed by atoms with E-state index in [2.05, 4.69) is 15.7 Å². The lowest BCUT2D eigenvalue weighted by Gasteiger charge is -2.24. The molecule has 4 nitrogen and oxygen atoms in total. The van der Waals surface area contributed by atoms with Crippen LogP contribution in [0.5, 0.6) is 0 Å². The lowest BCUT2D eigenvalue weighted by atomic mass is 9.96. The molecule has 1 aliphatic rings. The first-order chi connectivity index (χ1) is 12.0. The number of thiocarbonyl (C=S) groups is 1. The second-order valence-electron chi connectivity index (χ2n) is 6.16. The second-order valence-corrected chi connectivity index (χ2v) is 7.38. The van der Waals surface area contributed by atoms with Crippen molar-refractivity contribution in [2.75, 3.05) is 5.32 Å². The van der Waals surface area contributed by atoms with Crippen molar-refractivity contribution in [2.24, 2.45) is 0 Å². The van der Waals surface area contributed by atoms with Crippen LogP contribution in [0.4, 0.5) is 10.2 Å². The summed E-state index contributed by atoms with van der Waals surface area (Å²) < 4.78 is 15.4. The number of hydrogen-bond acceptors (Lipinski definition) is 2. The van der Waals surface area contributed by atoms with Crippen LogP contribution in [0.1, 0.15) is 37.7 Å². The molecular formula is C17H19Cl2FN4S. The molecule has 0 radical (unpaired) electrons. The molecule has 2 N–H and O–H groups in total. The summed E-state index contributed by atoms with van der Waals surface area (Å²) in [6.07, 6.45) is 7.59. The Balaban J connectivity index is 1.64. The highest BCUT2D eigenvalue weighted by atomic mass is 35.5. The summed E-state index contributed by atoms with van der Waals surface area (Å²) in [5, 5.41) is 11.9. The van der Waals surface area contributed by atoms with Gasteiger partial charge < -0.3 is 10.6 Å². The highest BCUT2D eigenvalue weighted by Crippen LogP contribution is 2.24. The van der Waals surface area contributed by atoms with Crippen LogP contribution in [-0.2, 0) is 6.54 Å². The molecule has 1 fully saturated rings. The van der Waals surface area contributed by atoms with Crippen LogP contribution >= 0.6 is 35.4 Å². The van der Waals surface area contributed by atoms with Gasteiger partial charge in [0.05, 0.1) is 6.54 Å². The Hall–Kier alpha value is -1.37. The van der Waals surface area contributed by atoms with Crippen LogP contribution < -0.4 is 10.6 Å². The monoisotopic (exact) mass is 400 g/mol. The van der Waals surface area contributed by atoms with E-state index in [1.54, 1.807) is 18.3 Å². The molecule has 1 heterocycles. The number of halogens is 3. The molecule has 1 aromatic heterocycles. The Morgan fingerprint density at radius 2 is 2.00 bits per heavy atom. The highest BCUT2D eigenvalue weighted by molar-refractivity contribution is 7.80. The molecule has 0 atom stereocenters. The number of aromatic nitrogens is 2. The van der Waals surface area contributed by atoms with Crippen molar-refractivity contribution >= 4 is 46.4 Å². The van der Waals surface area contributed by atoms with Crippen LogP contribution in [0.15, 0.2) is 24.4 Å². The van der Waals surface area contributed by atoms with Crippen LogP contribution in [0, 0.1) is 5.82 Å². The van der Waals surface area contributed by atoms with E-state index in [4.69, 9.17) is 35.4 Å². The summed E-state index contributed by atoms with van der Waals surface area (Å²) in [7, 11) is 0. The Morgan fingerprint density at radius 3 is 2.72 bits per heavy atom. The van der Waals surface area contributed by atoms with E-state index in [9.17, 15) is 4.39 Å². The molecule has 1 aromatic carbocycles. The molecule has 134 valence electrons. The lowest BCUT2D eigenvalue weighted by Crippen LogP contribution is -2.39. The Labute approximate surface area is 161 Å². The van der Waals surface area contributed by atoms with E-state index < -0.39 is 0 Å². The van der Waals surface area contributed by atoms with Gasteiger partial charge in [-0.25, -0.2) is 4.39 Å². The quantitative estimate of drug-likeness (QED) is 0.708. The van der Waals surface area contributed by atoms with E-state index in [-0.39, 0.29) is 12.4 Å². The number of anilines is 1. The maximum atomic E-state index is 13.9. The van der Waals surface area contributed by atoms with E-state index in [0.29, 0.717) is 32.6 Å². The molecule has 0 saturated heterocycles. The molecule has 1 aliphatic carbocycles. The van der Waals surface area contributed by atoms with Crippen LogP contribution in [-0.4, -0.2) is 20.9 Å². The smallest absolute Gasteiger partial charge is 0.173 e. The number of nitrogens with zero attached hydrogens (tertiary/aromatic N) is 2. The lowest BCUT2D eigenvalue weighted by molar-refractivity contribution is 0.414. The molecule has 25 heavy (non-hydrogen) atoms. The van der Waals surface area contributed by atoms with Crippen molar-refractivity contribution in [3.05, 3.63) is 45.8 Å². The van der Waals surface area contributed by atoms with E-state index in [0.717, 1.165) is 12.8 Å². The number of rotatable bonds is 4. The van der Waals surface area contributed by atoms with Gasteiger partial charge in [-0.1, -0.05) is 48.5 Å². The molecule has 1 saturated carbocycles. The largest absolute Gasteiger partial charge is 0.360 e. The zero-order valence-corrected chi connectivity index (χ0v) is 15.9. The SMILES string of the molecule is Fc1cccc(Cl)c1Cn1cc(Cl)c(NC(=S)NC2CCCCC2)n1. The van der Waals surface area contributed by atoms with Gasteiger partial charge in [0.1, 0.15) is 10.8 Å². The predicted octanol–water partition coefficient (Wildman–Crippen LogP) is 5.00. The molecular weight excluding hydrogens is 382 g/mol. The van der Waals surface area contributed by atoms with E-state index in [1.807, 2.05) is 0 Å². The summed E-state index contributed by atoms with van der Waals surface area (Å²) in [5.74, 6) is 0.0746. The van der Waals surface area contributed by atoms with Gasteiger partial charge in [-0.2, -0.15) is 5.10 Å². The minimum Gasteiger partial charge on any atom is -0.360 e. The van der Waals surface area contributed by atoms with Crippen LogP contribution in [0.25, 0.3) is 0 Å². The highest BCUT2D eigenvalue weighted by Gasteiger charge is 2.16. The third kappa shape index (κ3) is 4.84. The van der Waals surface area contributed by atoms with E-state index >= 15 is 0 Å². The third-order valence-corrected chi connectivity index (χ3v) is 5.12. The number of nitrogens with one attached hydrogen (secondary N) is 2. The van der Waals surface area contributed by atoms with Gasteiger partial charge in [0.2, 0.25) is 0 Å². The molecule has 0 amide bonds. The first-order valence-electron chi connectivity index (χ1n) is 8.26. The van der Waals surface area contributed by atoms with Gasteiger partial charge in [0, 0.05) is 22.8 Å². The summed E-state index contributed by atoms with van der Waals surface area (Å²) in [6, 6.07) is 4.98. The summed E-state index contributed by atoms with van der Waals surface area (Å²) in [4.78, 5) is 0. The summed E-state index contributed by atoms with van der Waals surface area (Å²) in [5.41, 5.74) is 0.373. The first-order valence-corrected chi connectivity index (χ1v) is 9.42. The topological polar surface area (TPSA) is 41.9 Å². The fourth-order valence-corrected chi connectivity index (χ4v) is 3.67. The minimum atomic E-state index is -0.372. The van der Waals surface area contributed by atoms with E-state index in [1.165, 1.54) is 30.0 Å². The maximum absolute atomic E-state index is 13.9. The summed E-state index contributed by atoms with van der Waals surface area (Å²) in [6.45, 7) is 0.190. The number of benzene rings is 1. The standard InChI is InChI=1S/C17H19Cl2FN4S/c18-13-7-4-8-15(20)12(13)9-24-10-14(19)16(23-24)22-17(25)21-11-5-2-1-3-6-11/h4,7-8,10-11H,1-3,5-6,9H2,(H2,21,22,23,25). The van der Waals surface area contributed by atoms with Gasteiger partial charge in [0.25, 0.3) is 0 Å².